The minimum atomic E-state index is -3.64. The van der Waals surface area contributed by atoms with Crippen molar-refractivity contribution in [2.75, 3.05) is 0 Å². The number of aliphatic carboxylic acids is 1. The van der Waals surface area contributed by atoms with Crippen molar-refractivity contribution >= 4 is 21.6 Å². The number of fused-ring (bicyclic) bond motifs is 3. The molecule has 0 aromatic heterocycles. The third-order valence-corrected chi connectivity index (χ3v) is 6.72. The molecule has 2 aromatic rings. The fourth-order valence-electron chi connectivity index (χ4n) is 3.96. The third-order valence-electron chi connectivity index (χ3n) is 5.21. The van der Waals surface area contributed by atoms with Gasteiger partial charge in [-0.05, 0) is 25.0 Å². The fraction of sp³-hybridized carbons (Fsp3) is 0.250. The quantitative estimate of drug-likeness (QED) is 0.772. The van der Waals surface area contributed by atoms with Crippen LogP contribution in [0.2, 0.25) is 0 Å². The van der Waals surface area contributed by atoms with E-state index in [1.54, 1.807) is 42.5 Å². The molecule has 3 atom stereocenters. The van der Waals surface area contributed by atoms with Gasteiger partial charge in [-0.3, -0.25) is 0 Å². The van der Waals surface area contributed by atoms with E-state index in [1.165, 1.54) is 0 Å². The summed E-state index contributed by atoms with van der Waals surface area (Å²) in [5.41, 5.74) is 1.24. The zero-order valence-electron chi connectivity index (χ0n) is 14.5. The summed E-state index contributed by atoms with van der Waals surface area (Å²) in [6.45, 7) is 3.62. The number of carboxylic acid groups (broad SMARTS) is 1. The largest absolute Gasteiger partial charge is 0.489 e. The number of sulfonamides is 1. The number of carbonyl (C=O) groups is 1. The molecule has 0 amide bonds. The standard InChI is InChI=1S/C20H19NO5S/c1-12(20(22)23)14-8-5-9-15-18-16(10-11-17(18)26-19(14)15)21-27(24,25)13-6-3-2-4-7-13/h2-9,16-18,21H,1,10-11H2,(H,22,23). The van der Waals surface area contributed by atoms with Crippen LogP contribution >= 0.6 is 0 Å². The second kappa shape index (κ2) is 6.51. The minimum absolute atomic E-state index is 0.0340. The van der Waals surface area contributed by atoms with E-state index in [4.69, 9.17) is 4.74 Å². The molecule has 2 aliphatic rings. The van der Waals surface area contributed by atoms with E-state index in [1.807, 2.05) is 6.07 Å². The van der Waals surface area contributed by atoms with Gasteiger partial charge in [-0.2, -0.15) is 0 Å². The lowest BCUT2D eigenvalue weighted by Crippen LogP contribution is -2.37. The van der Waals surface area contributed by atoms with Gasteiger partial charge in [-0.1, -0.05) is 43.0 Å². The van der Waals surface area contributed by atoms with Gasteiger partial charge < -0.3 is 9.84 Å². The predicted octanol–water partition coefficient (Wildman–Crippen LogP) is 2.77. The van der Waals surface area contributed by atoms with E-state index in [-0.39, 0.29) is 28.5 Å². The number of ether oxygens (including phenoxy) is 1. The van der Waals surface area contributed by atoms with Gasteiger partial charge in [0.15, 0.2) is 0 Å². The molecule has 1 fully saturated rings. The number of benzene rings is 2. The molecule has 6 nitrogen and oxygen atoms in total. The Morgan fingerprint density at radius 1 is 1.11 bits per heavy atom. The highest BCUT2D eigenvalue weighted by Crippen LogP contribution is 2.49. The number of carboxylic acids is 1. The Morgan fingerprint density at radius 2 is 1.85 bits per heavy atom. The van der Waals surface area contributed by atoms with Gasteiger partial charge in [0.1, 0.15) is 11.9 Å². The summed E-state index contributed by atoms with van der Waals surface area (Å²) in [4.78, 5) is 11.5. The maximum atomic E-state index is 12.7. The molecular formula is C20H19NO5S. The highest BCUT2D eigenvalue weighted by Gasteiger charge is 2.47. The van der Waals surface area contributed by atoms with Crippen molar-refractivity contribution in [3.05, 3.63) is 66.2 Å². The molecule has 27 heavy (non-hydrogen) atoms. The number of hydrogen-bond donors (Lipinski definition) is 2. The summed E-state index contributed by atoms with van der Waals surface area (Å²) in [5, 5.41) is 9.25. The Balaban J connectivity index is 1.66. The normalized spacial score (nSPS) is 23.3. The van der Waals surface area contributed by atoms with Crippen molar-refractivity contribution in [1.29, 1.82) is 0 Å². The van der Waals surface area contributed by atoms with Gasteiger partial charge in [0, 0.05) is 23.1 Å². The van der Waals surface area contributed by atoms with Crippen LogP contribution in [0, 0.1) is 0 Å². The van der Waals surface area contributed by atoms with Crippen molar-refractivity contribution in [2.45, 2.75) is 35.8 Å². The van der Waals surface area contributed by atoms with E-state index < -0.39 is 16.0 Å². The average Bonchev–Trinajstić information content (AvgIpc) is 3.21. The Kier molecular flexibility index (Phi) is 4.28. The molecule has 140 valence electrons. The predicted molar refractivity (Wildman–Crippen MR) is 100 cm³/mol. The summed E-state index contributed by atoms with van der Waals surface area (Å²) in [7, 11) is -3.64. The zero-order chi connectivity index (χ0) is 19.2. The van der Waals surface area contributed by atoms with Crippen molar-refractivity contribution < 1.29 is 23.1 Å². The van der Waals surface area contributed by atoms with Crippen molar-refractivity contribution in [3.63, 3.8) is 0 Å². The van der Waals surface area contributed by atoms with E-state index in [0.29, 0.717) is 24.2 Å². The summed E-state index contributed by atoms with van der Waals surface area (Å²) in [6, 6.07) is 13.2. The van der Waals surface area contributed by atoms with Crippen molar-refractivity contribution in [2.24, 2.45) is 0 Å². The Labute approximate surface area is 157 Å². The molecule has 7 heteroatoms. The first-order valence-corrected chi connectivity index (χ1v) is 10.2. The second-order valence-corrected chi connectivity index (χ2v) is 8.52. The SMILES string of the molecule is C=C(C(=O)O)c1cccc2c1OC1CCC(NS(=O)(=O)c3ccccc3)C21. The Hall–Kier alpha value is -2.64. The smallest absolute Gasteiger partial charge is 0.335 e. The molecule has 0 saturated heterocycles. The molecule has 1 aliphatic heterocycles. The molecule has 0 bridgehead atoms. The van der Waals surface area contributed by atoms with Gasteiger partial charge in [-0.25, -0.2) is 17.9 Å². The maximum absolute atomic E-state index is 12.7. The molecule has 0 spiro atoms. The minimum Gasteiger partial charge on any atom is -0.489 e. The van der Waals surface area contributed by atoms with E-state index in [2.05, 4.69) is 11.3 Å². The molecule has 2 N–H and O–H groups in total. The number of hydrogen-bond acceptors (Lipinski definition) is 4. The maximum Gasteiger partial charge on any atom is 0.335 e. The molecule has 2 aromatic carbocycles. The van der Waals surface area contributed by atoms with Crippen LogP contribution in [-0.2, 0) is 14.8 Å². The van der Waals surface area contributed by atoms with Gasteiger partial charge in [0.05, 0.1) is 10.5 Å². The third kappa shape index (κ3) is 3.02. The molecular weight excluding hydrogens is 366 g/mol. The first-order chi connectivity index (χ1) is 12.9. The van der Waals surface area contributed by atoms with Crippen LogP contribution in [-0.4, -0.2) is 31.6 Å². The van der Waals surface area contributed by atoms with E-state index >= 15 is 0 Å². The lowest BCUT2D eigenvalue weighted by atomic mass is 9.92. The monoisotopic (exact) mass is 385 g/mol. The van der Waals surface area contributed by atoms with E-state index in [0.717, 1.165) is 5.56 Å². The first kappa shape index (κ1) is 17.8. The average molecular weight is 385 g/mol. The molecule has 1 aliphatic carbocycles. The van der Waals surface area contributed by atoms with Gasteiger partial charge in [0.2, 0.25) is 10.0 Å². The van der Waals surface area contributed by atoms with Gasteiger partial charge in [-0.15, -0.1) is 0 Å². The van der Waals surface area contributed by atoms with Gasteiger partial charge in [0.25, 0.3) is 0 Å². The highest BCUT2D eigenvalue weighted by atomic mass is 32.2. The first-order valence-electron chi connectivity index (χ1n) is 8.68. The highest BCUT2D eigenvalue weighted by molar-refractivity contribution is 7.89. The van der Waals surface area contributed by atoms with Crippen LogP contribution in [0.4, 0.5) is 0 Å². The molecule has 1 saturated carbocycles. The topological polar surface area (TPSA) is 92.7 Å². The van der Waals surface area contributed by atoms with E-state index in [9.17, 15) is 18.3 Å². The molecule has 4 rings (SSSR count). The van der Waals surface area contributed by atoms with Gasteiger partial charge >= 0.3 is 5.97 Å². The summed E-state index contributed by atoms with van der Waals surface area (Å²) in [6.07, 6.45) is 1.18. The fourth-order valence-corrected chi connectivity index (χ4v) is 5.28. The second-order valence-electron chi connectivity index (χ2n) is 6.81. The molecule has 3 unspecified atom stereocenters. The van der Waals surface area contributed by atoms with Crippen LogP contribution in [0.3, 0.4) is 0 Å². The van der Waals surface area contributed by atoms with Crippen LogP contribution in [0.1, 0.15) is 29.9 Å². The lowest BCUT2D eigenvalue weighted by molar-refractivity contribution is -0.130. The number of nitrogens with one attached hydrogen (secondary N) is 1. The number of rotatable bonds is 5. The summed E-state index contributed by atoms with van der Waals surface area (Å²) < 4.78 is 34.3. The zero-order valence-corrected chi connectivity index (χ0v) is 15.3. The summed E-state index contributed by atoms with van der Waals surface area (Å²) >= 11 is 0. The summed E-state index contributed by atoms with van der Waals surface area (Å²) in [5.74, 6) is -0.756. The lowest BCUT2D eigenvalue weighted by Gasteiger charge is -2.19. The molecule has 0 radical (unpaired) electrons. The Morgan fingerprint density at radius 3 is 2.56 bits per heavy atom. The van der Waals surface area contributed by atoms with Crippen LogP contribution in [0.25, 0.3) is 5.57 Å². The Bertz CT molecular complexity index is 1020. The number of para-hydroxylation sites is 1. The van der Waals surface area contributed by atoms with Crippen molar-refractivity contribution in [1.82, 2.24) is 4.72 Å². The van der Waals surface area contributed by atoms with Crippen molar-refractivity contribution in [3.8, 4) is 5.75 Å². The van der Waals surface area contributed by atoms with Crippen LogP contribution in [0.15, 0.2) is 60.0 Å². The molecule has 1 heterocycles. The van der Waals surface area contributed by atoms with Crippen LogP contribution in [0.5, 0.6) is 5.75 Å². The van der Waals surface area contributed by atoms with Crippen LogP contribution < -0.4 is 9.46 Å².